The topological polar surface area (TPSA) is 49.3 Å². The highest BCUT2D eigenvalue weighted by Gasteiger charge is 2.15. The summed E-state index contributed by atoms with van der Waals surface area (Å²) in [5, 5.41) is 0. The molecular formula is C17H22N4O. The van der Waals surface area contributed by atoms with E-state index < -0.39 is 0 Å². The molecule has 1 amide bonds. The summed E-state index contributed by atoms with van der Waals surface area (Å²) in [6.07, 6.45) is 1.45. The second-order valence-electron chi connectivity index (χ2n) is 5.08. The molecule has 0 radical (unpaired) electrons. The van der Waals surface area contributed by atoms with Crippen LogP contribution >= 0.6 is 0 Å². The molecule has 0 aliphatic carbocycles. The van der Waals surface area contributed by atoms with E-state index in [1.54, 1.807) is 11.0 Å². The molecule has 0 aliphatic rings. The van der Waals surface area contributed by atoms with E-state index in [4.69, 9.17) is 0 Å². The summed E-state index contributed by atoms with van der Waals surface area (Å²) in [6.45, 7) is 6.01. The van der Waals surface area contributed by atoms with Gasteiger partial charge in [0, 0.05) is 32.7 Å². The second-order valence-corrected chi connectivity index (χ2v) is 5.08. The molecule has 0 atom stereocenters. The number of carbonyl (C=O) groups is 1. The van der Waals surface area contributed by atoms with Crippen LogP contribution in [0, 0.1) is 0 Å². The van der Waals surface area contributed by atoms with Crippen molar-refractivity contribution in [1.29, 1.82) is 0 Å². The highest BCUT2D eigenvalue weighted by Crippen LogP contribution is 2.14. The molecule has 0 saturated heterocycles. The number of hydrogen-bond acceptors (Lipinski definition) is 4. The summed E-state index contributed by atoms with van der Waals surface area (Å²) in [7, 11) is 1.96. The third-order valence-corrected chi connectivity index (χ3v) is 3.58. The smallest absolute Gasteiger partial charge is 0.272 e. The molecule has 1 heterocycles. The van der Waals surface area contributed by atoms with Gasteiger partial charge in [0.2, 0.25) is 0 Å². The lowest BCUT2D eigenvalue weighted by Crippen LogP contribution is -2.31. The van der Waals surface area contributed by atoms with Gasteiger partial charge in [-0.15, -0.1) is 0 Å². The Labute approximate surface area is 131 Å². The van der Waals surface area contributed by atoms with Gasteiger partial charge in [0.25, 0.3) is 5.91 Å². The molecule has 0 bridgehead atoms. The van der Waals surface area contributed by atoms with Crippen molar-refractivity contribution >= 4 is 11.7 Å². The first-order chi connectivity index (χ1) is 10.7. The molecule has 22 heavy (non-hydrogen) atoms. The molecule has 116 valence electrons. The Morgan fingerprint density at radius 3 is 2.41 bits per heavy atom. The first-order valence-corrected chi connectivity index (χ1v) is 7.52. The Morgan fingerprint density at radius 1 is 1.09 bits per heavy atom. The van der Waals surface area contributed by atoms with E-state index in [1.807, 2.05) is 44.0 Å². The van der Waals surface area contributed by atoms with Crippen molar-refractivity contribution < 1.29 is 4.79 Å². The molecule has 0 N–H and O–H groups in total. The molecule has 2 rings (SSSR count). The summed E-state index contributed by atoms with van der Waals surface area (Å²) in [6, 6.07) is 11.9. The van der Waals surface area contributed by atoms with Crippen LogP contribution < -0.4 is 4.90 Å². The fourth-order valence-electron chi connectivity index (χ4n) is 2.28. The Kier molecular flexibility index (Phi) is 5.47. The van der Waals surface area contributed by atoms with Crippen molar-refractivity contribution in [3.63, 3.8) is 0 Å². The van der Waals surface area contributed by atoms with Crippen LogP contribution in [0.15, 0.2) is 42.7 Å². The molecule has 5 nitrogen and oxygen atoms in total. The van der Waals surface area contributed by atoms with Gasteiger partial charge in [-0.3, -0.25) is 4.79 Å². The van der Waals surface area contributed by atoms with Crippen molar-refractivity contribution in [2.45, 2.75) is 20.4 Å². The Morgan fingerprint density at radius 2 is 1.77 bits per heavy atom. The summed E-state index contributed by atoms with van der Waals surface area (Å²) in [4.78, 5) is 24.5. The molecule has 5 heteroatoms. The molecule has 1 aromatic carbocycles. The first kappa shape index (κ1) is 15.9. The number of nitrogens with zero attached hydrogens (tertiary/aromatic N) is 4. The number of anilines is 1. The van der Waals surface area contributed by atoms with E-state index in [-0.39, 0.29) is 5.91 Å². The number of aromatic nitrogens is 2. The van der Waals surface area contributed by atoms with E-state index >= 15 is 0 Å². The Bertz CT molecular complexity index is 611. The predicted octanol–water partition coefficient (Wildman–Crippen LogP) is 2.60. The van der Waals surface area contributed by atoms with Crippen LogP contribution in [0.4, 0.5) is 5.82 Å². The maximum Gasteiger partial charge on any atom is 0.272 e. The maximum atomic E-state index is 12.4. The third-order valence-electron chi connectivity index (χ3n) is 3.58. The van der Waals surface area contributed by atoms with Crippen molar-refractivity contribution in [2.24, 2.45) is 0 Å². The standard InChI is InChI=1S/C17H22N4O/c1-4-21(5-2)17(22)15-11-16(19-13-18-15)20(3)12-14-9-7-6-8-10-14/h6-11,13H,4-5,12H2,1-3H3. The van der Waals surface area contributed by atoms with Crippen LogP contribution in [0.1, 0.15) is 29.9 Å². The lowest BCUT2D eigenvalue weighted by atomic mass is 10.2. The zero-order chi connectivity index (χ0) is 15.9. The monoisotopic (exact) mass is 298 g/mol. The summed E-state index contributed by atoms with van der Waals surface area (Å²) in [5.74, 6) is 0.691. The number of amides is 1. The molecule has 0 fully saturated rings. The quantitative estimate of drug-likeness (QED) is 0.822. The van der Waals surface area contributed by atoms with Crippen molar-refractivity contribution in [1.82, 2.24) is 14.9 Å². The number of carbonyl (C=O) groups excluding carboxylic acids is 1. The van der Waals surface area contributed by atoms with E-state index in [0.717, 1.165) is 12.4 Å². The largest absolute Gasteiger partial charge is 0.355 e. The molecule has 0 saturated carbocycles. The Hall–Kier alpha value is -2.43. The van der Waals surface area contributed by atoms with Crippen LogP contribution in [0.5, 0.6) is 0 Å². The van der Waals surface area contributed by atoms with E-state index in [0.29, 0.717) is 18.8 Å². The Balaban J connectivity index is 2.15. The average molecular weight is 298 g/mol. The summed E-state index contributed by atoms with van der Waals surface area (Å²) in [5.41, 5.74) is 1.63. The maximum absolute atomic E-state index is 12.4. The summed E-state index contributed by atoms with van der Waals surface area (Å²) < 4.78 is 0. The van der Waals surface area contributed by atoms with Crippen LogP contribution in [0.25, 0.3) is 0 Å². The lowest BCUT2D eigenvalue weighted by Gasteiger charge is -2.20. The van der Waals surface area contributed by atoms with Crippen molar-refractivity contribution in [3.8, 4) is 0 Å². The molecule has 0 unspecified atom stereocenters. The van der Waals surface area contributed by atoms with E-state index in [2.05, 4.69) is 22.1 Å². The van der Waals surface area contributed by atoms with Crippen molar-refractivity contribution in [2.75, 3.05) is 25.0 Å². The van der Waals surface area contributed by atoms with Gasteiger partial charge in [-0.2, -0.15) is 0 Å². The van der Waals surface area contributed by atoms with Gasteiger partial charge < -0.3 is 9.80 Å². The van der Waals surface area contributed by atoms with Gasteiger partial charge in [-0.1, -0.05) is 30.3 Å². The minimum atomic E-state index is -0.0539. The number of benzene rings is 1. The zero-order valence-corrected chi connectivity index (χ0v) is 13.4. The van der Waals surface area contributed by atoms with Gasteiger partial charge in [0.15, 0.2) is 0 Å². The fraction of sp³-hybridized carbons (Fsp3) is 0.353. The average Bonchev–Trinajstić information content (AvgIpc) is 2.57. The van der Waals surface area contributed by atoms with Crippen LogP contribution in [-0.4, -0.2) is 40.9 Å². The number of hydrogen-bond donors (Lipinski definition) is 0. The normalized spacial score (nSPS) is 10.3. The van der Waals surface area contributed by atoms with Gasteiger partial charge in [-0.05, 0) is 19.4 Å². The first-order valence-electron chi connectivity index (χ1n) is 7.52. The fourth-order valence-corrected chi connectivity index (χ4v) is 2.28. The van der Waals surface area contributed by atoms with Crippen molar-refractivity contribution in [3.05, 3.63) is 54.0 Å². The van der Waals surface area contributed by atoms with Crippen LogP contribution in [-0.2, 0) is 6.54 Å². The third kappa shape index (κ3) is 3.81. The zero-order valence-electron chi connectivity index (χ0n) is 13.4. The highest BCUT2D eigenvalue weighted by atomic mass is 16.2. The highest BCUT2D eigenvalue weighted by molar-refractivity contribution is 5.92. The second kappa shape index (κ2) is 7.54. The molecule has 1 aromatic heterocycles. The van der Waals surface area contributed by atoms with Gasteiger partial charge in [-0.25, -0.2) is 9.97 Å². The molecule has 0 spiro atoms. The molecule has 2 aromatic rings. The minimum absolute atomic E-state index is 0.0539. The lowest BCUT2D eigenvalue weighted by molar-refractivity contribution is 0.0767. The van der Waals surface area contributed by atoms with E-state index in [9.17, 15) is 4.79 Å². The molecule has 0 aliphatic heterocycles. The van der Waals surface area contributed by atoms with Gasteiger partial charge >= 0.3 is 0 Å². The van der Waals surface area contributed by atoms with E-state index in [1.165, 1.54) is 11.9 Å². The van der Waals surface area contributed by atoms with Crippen LogP contribution in [0.2, 0.25) is 0 Å². The predicted molar refractivity (Wildman–Crippen MR) is 87.8 cm³/mol. The SMILES string of the molecule is CCN(CC)C(=O)c1cc(N(C)Cc2ccccc2)ncn1. The summed E-state index contributed by atoms with van der Waals surface area (Å²) >= 11 is 0. The van der Waals surface area contributed by atoms with Crippen LogP contribution in [0.3, 0.4) is 0 Å². The number of rotatable bonds is 6. The molecular weight excluding hydrogens is 276 g/mol. The minimum Gasteiger partial charge on any atom is -0.355 e. The van der Waals surface area contributed by atoms with Gasteiger partial charge in [0.05, 0.1) is 0 Å². The van der Waals surface area contributed by atoms with Gasteiger partial charge in [0.1, 0.15) is 17.8 Å².